The van der Waals surface area contributed by atoms with Gasteiger partial charge in [-0.3, -0.25) is 9.69 Å². The quantitative estimate of drug-likeness (QED) is 0.350. The van der Waals surface area contributed by atoms with E-state index in [1.54, 1.807) is 0 Å². The largest absolute Gasteiger partial charge is 0.467 e. The summed E-state index contributed by atoms with van der Waals surface area (Å²) in [5.74, 6) is 0.498. The van der Waals surface area contributed by atoms with E-state index >= 15 is 0 Å². The van der Waals surface area contributed by atoms with E-state index < -0.39 is 35.7 Å². The number of nitrogens with zero attached hydrogens (tertiary/aromatic N) is 2. The number of ether oxygens (including phenoxy) is 4. The molecule has 3 aliphatic rings. The number of carboxylic acid groups (broad SMARTS) is 1. The van der Waals surface area contributed by atoms with Crippen molar-refractivity contribution < 1.29 is 43.2 Å². The fraction of sp³-hybridized carbons (Fsp3) is 0.625. The number of likely N-dealkylation sites (tertiary alicyclic amines) is 1. The average molecular weight is 616 g/mol. The molecule has 1 aromatic rings. The highest BCUT2D eigenvalue weighted by Crippen LogP contribution is 2.43. The van der Waals surface area contributed by atoms with Crippen LogP contribution in [0.2, 0.25) is 0 Å². The Hall–Kier alpha value is -3.96. The molecule has 2 N–H and O–H groups in total. The second-order valence-corrected chi connectivity index (χ2v) is 13.4. The van der Waals surface area contributed by atoms with Crippen LogP contribution in [0.4, 0.5) is 9.59 Å². The average Bonchev–Trinajstić information content (AvgIpc) is 3.71. The van der Waals surface area contributed by atoms with Gasteiger partial charge in [0.2, 0.25) is 12.7 Å². The summed E-state index contributed by atoms with van der Waals surface area (Å²) in [4.78, 5) is 52.8. The summed E-state index contributed by atoms with van der Waals surface area (Å²) in [5.41, 5.74) is 1.96. The molecular formula is C32H45N3O9. The summed E-state index contributed by atoms with van der Waals surface area (Å²) in [6.45, 7) is 11.1. The number of amides is 3. The van der Waals surface area contributed by atoms with E-state index in [1.807, 2.05) is 32.9 Å². The van der Waals surface area contributed by atoms with Gasteiger partial charge in [0, 0.05) is 18.7 Å². The van der Waals surface area contributed by atoms with Crippen LogP contribution in [0.3, 0.4) is 0 Å². The zero-order valence-corrected chi connectivity index (χ0v) is 26.6. The van der Waals surface area contributed by atoms with Gasteiger partial charge in [-0.1, -0.05) is 46.8 Å². The fourth-order valence-electron chi connectivity index (χ4n) is 5.86. The standard InChI is InChI=1S/C32H45N3O9/c1-31(2,3)26(27(36)35-14-9-11-23(35)28(37)41-6)33-29(38)42-15-13-32(4,5)12-8-7-10-21-22-18-34(30(39)40)17-20(22)16-24-25(21)44-19-43-24/h7,10,16,23,26H,8-9,11-15,17-19H2,1-6H3,(H,33,38)(H,39,40). The van der Waals surface area contributed by atoms with E-state index in [1.165, 1.54) is 16.9 Å². The van der Waals surface area contributed by atoms with Crippen LogP contribution in [0.15, 0.2) is 12.1 Å². The summed E-state index contributed by atoms with van der Waals surface area (Å²) in [5, 5.41) is 12.2. The van der Waals surface area contributed by atoms with E-state index in [0.29, 0.717) is 50.4 Å². The number of allylic oxidation sites excluding steroid dienone is 1. The van der Waals surface area contributed by atoms with E-state index in [9.17, 15) is 24.3 Å². The molecule has 0 radical (unpaired) electrons. The van der Waals surface area contributed by atoms with Gasteiger partial charge >= 0.3 is 18.2 Å². The number of carbonyl (C=O) groups excluding carboxylic acids is 3. The van der Waals surface area contributed by atoms with Crippen molar-refractivity contribution in [1.82, 2.24) is 15.1 Å². The fourth-order valence-corrected chi connectivity index (χ4v) is 5.86. The molecule has 2 unspecified atom stereocenters. The highest BCUT2D eigenvalue weighted by molar-refractivity contribution is 5.90. The van der Waals surface area contributed by atoms with Crippen LogP contribution in [0.25, 0.3) is 6.08 Å². The van der Waals surface area contributed by atoms with Crippen LogP contribution in [0, 0.1) is 10.8 Å². The molecular weight excluding hydrogens is 570 g/mol. The van der Waals surface area contributed by atoms with Crippen molar-refractivity contribution in [2.75, 3.05) is 27.1 Å². The van der Waals surface area contributed by atoms with Crippen molar-refractivity contribution in [2.45, 2.75) is 91.9 Å². The lowest BCUT2D eigenvalue weighted by Crippen LogP contribution is -2.56. The molecule has 2 atom stereocenters. The van der Waals surface area contributed by atoms with Gasteiger partial charge in [0.25, 0.3) is 0 Å². The van der Waals surface area contributed by atoms with Gasteiger partial charge in [0.05, 0.1) is 20.3 Å². The van der Waals surface area contributed by atoms with Crippen LogP contribution >= 0.6 is 0 Å². The molecule has 44 heavy (non-hydrogen) atoms. The molecule has 12 heteroatoms. The Kier molecular flexibility index (Phi) is 10.00. The Balaban J connectivity index is 1.29. The highest BCUT2D eigenvalue weighted by Gasteiger charge is 2.42. The molecule has 0 aromatic heterocycles. The molecule has 0 bridgehead atoms. The zero-order valence-electron chi connectivity index (χ0n) is 26.6. The Morgan fingerprint density at radius 2 is 1.89 bits per heavy atom. The first-order valence-electron chi connectivity index (χ1n) is 15.1. The van der Waals surface area contributed by atoms with Gasteiger partial charge in [-0.25, -0.2) is 14.4 Å². The van der Waals surface area contributed by atoms with Crippen molar-refractivity contribution in [2.24, 2.45) is 10.8 Å². The van der Waals surface area contributed by atoms with Crippen LogP contribution < -0.4 is 14.8 Å². The first kappa shape index (κ1) is 32.9. The molecule has 0 aliphatic carbocycles. The monoisotopic (exact) mass is 615 g/mol. The van der Waals surface area contributed by atoms with Crippen LogP contribution in [0.1, 0.15) is 83.4 Å². The van der Waals surface area contributed by atoms with E-state index in [2.05, 4.69) is 25.2 Å². The number of rotatable bonds is 10. The molecule has 12 nitrogen and oxygen atoms in total. The van der Waals surface area contributed by atoms with Gasteiger partial charge < -0.3 is 34.3 Å². The highest BCUT2D eigenvalue weighted by atomic mass is 16.7. The third-order valence-corrected chi connectivity index (χ3v) is 8.55. The van der Waals surface area contributed by atoms with Gasteiger partial charge in [-0.2, -0.15) is 0 Å². The lowest BCUT2D eigenvalue weighted by Gasteiger charge is -2.34. The first-order chi connectivity index (χ1) is 20.7. The molecule has 3 aliphatic heterocycles. The first-order valence-corrected chi connectivity index (χ1v) is 15.1. The summed E-state index contributed by atoms with van der Waals surface area (Å²) < 4.78 is 21.6. The van der Waals surface area contributed by atoms with E-state index in [-0.39, 0.29) is 24.7 Å². The topological polar surface area (TPSA) is 144 Å². The van der Waals surface area contributed by atoms with Crippen molar-refractivity contribution in [3.05, 3.63) is 28.8 Å². The van der Waals surface area contributed by atoms with Crippen molar-refractivity contribution >= 4 is 30.1 Å². The number of esters is 1. The molecule has 1 aromatic carbocycles. The third-order valence-electron chi connectivity index (χ3n) is 8.55. The summed E-state index contributed by atoms with van der Waals surface area (Å²) in [7, 11) is 1.30. The molecule has 4 rings (SSSR count). The Morgan fingerprint density at radius 3 is 2.57 bits per heavy atom. The predicted molar refractivity (Wildman–Crippen MR) is 161 cm³/mol. The minimum atomic E-state index is -0.963. The molecule has 0 saturated carbocycles. The number of hydrogen-bond acceptors (Lipinski definition) is 8. The molecule has 242 valence electrons. The maximum absolute atomic E-state index is 13.4. The number of nitrogens with one attached hydrogen (secondary N) is 1. The van der Waals surface area contributed by atoms with Crippen LogP contribution in [-0.2, 0) is 32.2 Å². The van der Waals surface area contributed by atoms with Gasteiger partial charge in [0.1, 0.15) is 12.1 Å². The molecule has 3 amide bonds. The summed E-state index contributed by atoms with van der Waals surface area (Å²) in [6, 6.07) is 0.354. The lowest BCUT2D eigenvalue weighted by atomic mass is 9.84. The summed E-state index contributed by atoms with van der Waals surface area (Å²) >= 11 is 0. The van der Waals surface area contributed by atoms with Crippen molar-refractivity contribution in [1.29, 1.82) is 0 Å². The number of alkyl carbamates (subject to hydrolysis) is 1. The predicted octanol–water partition coefficient (Wildman–Crippen LogP) is 4.92. The lowest BCUT2D eigenvalue weighted by molar-refractivity contribution is -0.152. The number of methoxy groups -OCH3 is 1. The SMILES string of the molecule is COC(=O)C1CCCN1C(=O)C(NC(=O)OCCC(C)(C)CCC=Cc1c2c(cc3c1OCO3)CN(C(=O)O)C2)C(C)(C)C. The maximum Gasteiger partial charge on any atom is 0.407 e. The zero-order chi connectivity index (χ0) is 32.2. The van der Waals surface area contributed by atoms with Crippen LogP contribution in [-0.4, -0.2) is 78.1 Å². The molecule has 1 fully saturated rings. The van der Waals surface area contributed by atoms with Gasteiger partial charge in [-0.15, -0.1) is 0 Å². The molecule has 3 heterocycles. The number of hydrogen-bond donors (Lipinski definition) is 2. The van der Waals surface area contributed by atoms with Crippen LogP contribution in [0.5, 0.6) is 11.5 Å². The second kappa shape index (κ2) is 13.4. The van der Waals surface area contributed by atoms with Crippen molar-refractivity contribution in [3.63, 3.8) is 0 Å². The Morgan fingerprint density at radius 1 is 1.14 bits per heavy atom. The second-order valence-electron chi connectivity index (χ2n) is 13.4. The molecule has 1 saturated heterocycles. The Bertz CT molecular complexity index is 1300. The number of fused-ring (bicyclic) bond motifs is 2. The normalized spacial score (nSPS) is 18.4. The Labute approximate surface area is 258 Å². The number of carbonyl (C=O) groups is 4. The minimum absolute atomic E-state index is 0.138. The smallest absolute Gasteiger partial charge is 0.407 e. The van der Waals surface area contributed by atoms with Gasteiger partial charge in [-0.05, 0) is 60.1 Å². The van der Waals surface area contributed by atoms with E-state index in [0.717, 1.165) is 29.5 Å². The molecule has 0 spiro atoms. The summed E-state index contributed by atoms with van der Waals surface area (Å²) in [6.07, 6.45) is 5.80. The van der Waals surface area contributed by atoms with Gasteiger partial charge in [0.15, 0.2) is 11.5 Å². The minimum Gasteiger partial charge on any atom is -0.467 e. The van der Waals surface area contributed by atoms with E-state index in [4.69, 9.17) is 18.9 Å². The third kappa shape index (κ3) is 7.57. The van der Waals surface area contributed by atoms with Crippen molar-refractivity contribution in [3.8, 4) is 11.5 Å². The number of benzene rings is 1. The maximum atomic E-state index is 13.4.